The van der Waals surface area contributed by atoms with Crippen LogP contribution in [0.5, 0.6) is 0 Å². The summed E-state index contributed by atoms with van der Waals surface area (Å²) in [7, 11) is 1.76. The number of halogens is 1. The van der Waals surface area contributed by atoms with Crippen LogP contribution in [0.15, 0.2) is 54.6 Å². The van der Waals surface area contributed by atoms with Crippen LogP contribution in [0, 0.1) is 0 Å². The third-order valence-corrected chi connectivity index (χ3v) is 3.78. The normalized spacial score (nSPS) is 13.9. The first-order chi connectivity index (χ1) is 10.3. The van der Waals surface area contributed by atoms with Crippen molar-refractivity contribution in [1.29, 1.82) is 0 Å². The second kappa shape index (κ2) is 8.18. The Morgan fingerprint density at radius 2 is 1.67 bits per heavy atom. The second-order valence-corrected chi connectivity index (χ2v) is 5.49. The van der Waals surface area contributed by atoms with Gasteiger partial charge in [0.15, 0.2) is 0 Å². The fourth-order valence-corrected chi connectivity index (χ4v) is 2.60. The van der Waals surface area contributed by atoms with Crippen LogP contribution in [-0.2, 0) is 4.74 Å². The molecule has 21 heavy (non-hydrogen) atoms. The molecule has 2 aromatic rings. The third-order valence-electron chi connectivity index (χ3n) is 3.53. The Balaban J connectivity index is 2.31. The molecule has 1 N–H and O–H groups in total. The van der Waals surface area contributed by atoms with Gasteiger partial charge in [-0.05, 0) is 36.2 Å². The molecule has 0 fully saturated rings. The molecule has 0 saturated carbocycles. The van der Waals surface area contributed by atoms with Crippen molar-refractivity contribution >= 4 is 11.6 Å². The highest BCUT2D eigenvalue weighted by Crippen LogP contribution is 2.32. The lowest BCUT2D eigenvalue weighted by Crippen LogP contribution is -2.28. The smallest absolute Gasteiger partial charge is 0.102 e. The molecule has 3 heteroatoms. The van der Waals surface area contributed by atoms with Gasteiger partial charge in [0.25, 0.3) is 0 Å². The number of methoxy groups -OCH3 is 1. The van der Waals surface area contributed by atoms with Crippen molar-refractivity contribution in [2.45, 2.75) is 25.5 Å². The average molecular weight is 304 g/mol. The molecule has 0 heterocycles. The molecule has 0 aromatic heterocycles. The lowest BCUT2D eigenvalue weighted by atomic mass is 9.95. The fourth-order valence-electron chi connectivity index (χ4n) is 2.48. The monoisotopic (exact) mass is 303 g/mol. The first-order valence-electron chi connectivity index (χ1n) is 7.33. The van der Waals surface area contributed by atoms with Crippen molar-refractivity contribution in [1.82, 2.24) is 5.32 Å². The van der Waals surface area contributed by atoms with E-state index in [0.717, 1.165) is 18.0 Å². The highest BCUT2D eigenvalue weighted by Gasteiger charge is 2.24. The quantitative estimate of drug-likeness (QED) is 0.795. The van der Waals surface area contributed by atoms with Crippen molar-refractivity contribution in [3.63, 3.8) is 0 Å². The van der Waals surface area contributed by atoms with Crippen molar-refractivity contribution in [2.75, 3.05) is 13.7 Å². The van der Waals surface area contributed by atoms with Crippen LogP contribution in [0.2, 0.25) is 5.02 Å². The van der Waals surface area contributed by atoms with Crippen LogP contribution in [0.25, 0.3) is 0 Å². The lowest BCUT2D eigenvalue weighted by Gasteiger charge is -2.28. The minimum Gasteiger partial charge on any atom is -0.375 e. The van der Waals surface area contributed by atoms with Crippen molar-refractivity contribution in [2.24, 2.45) is 0 Å². The summed E-state index contributed by atoms with van der Waals surface area (Å²) in [5.74, 6) is 0. The Hall–Kier alpha value is -1.35. The molecule has 0 spiro atoms. The molecule has 0 bridgehead atoms. The van der Waals surface area contributed by atoms with Gasteiger partial charge in [0, 0.05) is 12.1 Å². The van der Waals surface area contributed by atoms with E-state index < -0.39 is 0 Å². The number of hydrogen-bond acceptors (Lipinski definition) is 2. The highest BCUT2D eigenvalue weighted by molar-refractivity contribution is 6.30. The van der Waals surface area contributed by atoms with E-state index in [9.17, 15) is 0 Å². The van der Waals surface area contributed by atoms with E-state index in [4.69, 9.17) is 16.3 Å². The summed E-state index contributed by atoms with van der Waals surface area (Å²) in [4.78, 5) is 0. The SMILES string of the molecule is CCCNC(c1ccc(Cl)cc1)C(OC)c1ccccc1. The van der Waals surface area contributed by atoms with E-state index in [-0.39, 0.29) is 12.1 Å². The van der Waals surface area contributed by atoms with E-state index in [1.807, 2.05) is 30.3 Å². The minimum absolute atomic E-state index is 0.0288. The Labute approximate surface area is 132 Å². The first kappa shape index (κ1) is 16.0. The molecule has 0 radical (unpaired) electrons. The predicted molar refractivity (Wildman–Crippen MR) is 88.7 cm³/mol. The third kappa shape index (κ3) is 4.31. The van der Waals surface area contributed by atoms with Gasteiger partial charge in [0.1, 0.15) is 6.10 Å². The first-order valence-corrected chi connectivity index (χ1v) is 7.70. The topological polar surface area (TPSA) is 21.3 Å². The molecule has 0 aliphatic carbocycles. The fraction of sp³-hybridized carbons (Fsp3) is 0.333. The Bertz CT molecular complexity index is 527. The number of ether oxygens (including phenoxy) is 1. The maximum atomic E-state index is 6.00. The summed E-state index contributed by atoms with van der Waals surface area (Å²) < 4.78 is 5.78. The van der Waals surface area contributed by atoms with Gasteiger partial charge in [-0.1, -0.05) is 61.0 Å². The van der Waals surface area contributed by atoms with Crippen molar-refractivity contribution < 1.29 is 4.74 Å². The maximum absolute atomic E-state index is 6.00. The maximum Gasteiger partial charge on any atom is 0.102 e. The van der Waals surface area contributed by atoms with Gasteiger partial charge in [-0.15, -0.1) is 0 Å². The summed E-state index contributed by atoms with van der Waals surface area (Å²) in [5.41, 5.74) is 2.35. The average Bonchev–Trinajstić information content (AvgIpc) is 2.53. The summed E-state index contributed by atoms with van der Waals surface area (Å²) in [6.07, 6.45) is 1.05. The van der Waals surface area contributed by atoms with E-state index in [2.05, 4.69) is 36.5 Å². The van der Waals surface area contributed by atoms with Crippen LogP contribution >= 0.6 is 11.6 Å². The van der Waals surface area contributed by atoms with Crippen LogP contribution in [0.4, 0.5) is 0 Å². The van der Waals surface area contributed by atoms with Gasteiger partial charge < -0.3 is 10.1 Å². The van der Waals surface area contributed by atoms with Gasteiger partial charge in [-0.2, -0.15) is 0 Å². The molecule has 2 aromatic carbocycles. The van der Waals surface area contributed by atoms with E-state index in [1.54, 1.807) is 7.11 Å². The lowest BCUT2D eigenvalue weighted by molar-refractivity contribution is 0.0676. The number of hydrogen-bond donors (Lipinski definition) is 1. The summed E-state index contributed by atoms with van der Waals surface area (Å²) in [6, 6.07) is 18.4. The molecular weight excluding hydrogens is 282 g/mol. The summed E-state index contributed by atoms with van der Waals surface area (Å²) in [6.45, 7) is 3.11. The van der Waals surface area contributed by atoms with Crippen LogP contribution < -0.4 is 5.32 Å². The van der Waals surface area contributed by atoms with E-state index >= 15 is 0 Å². The van der Waals surface area contributed by atoms with E-state index in [1.165, 1.54) is 11.1 Å². The summed E-state index contributed by atoms with van der Waals surface area (Å²) >= 11 is 6.00. The predicted octanol–water partition coefficient (Wildman–Crippen LogP) is 4.77. The van der Waals surface area contributed by atoms with Crippen LogP contribution in [0.3, 0.4) is 0 Å². The highest BCUT2D eigenvalue weighted by atomic mass is 35.5. The standard InChI is InChI=1S/C18H22ClNO/c1-3-13-20-17(14-9-11-16(19)12-10-14)18(21-2)15-7-5-4-6-8-15/h4-12,17-18,20H,3,13H2,1-2H3. The number of rotatable bonds is 7. The molecule has 0 amide bonds. The van der Waals surface area contributed by atoms with E-state index in [0.29, 0.717) is 0 Å². The van der Waals surface area contributed by atoms with Gasteiger partial charge in [-0.25, -0.2) is 0 Å². The van der Waals surface area contributed by atoms with Gasteiger partial charge in [0.2, 0.25) is 0 Å². The van der Waals surface area contributed by atoms with Crippen LogP contribution in [-0.4, -0.2) is 13.7 Å². The molecule has 0 saturated heterocycles. The molecule has 2 unspecified atom stereocenters. The molecule has 2 nitrogen and oxygen atoms in total. The Morgan fingerprint density at radius 3 is 2.24 bits per heavy atom. The van der Waals surface area contributed by atoms with Crippen molar-refractivity contribution in [3.8, 4) is 0 Å². The van der Waals surface area contributed by atoms with Crippen LogP contribution in [0.1, 0.15) is 36.6 Å². The zero-order valence-corrected chi connectivity index (χ0v) is 13.3. The van der Waals surface area contributed by atoms with Crippen molar-refractivity contribution in [3.05, 3.63) is 70.7 Å². The molecule has 2 rings (SSSR count). The van der Waals surface area contributed by atoms with Gasteiger partial charge >= 0.3 is 0 Å². The molecule has 2 atom stereocenters. The molecule has 0 aliphatic heterocycles. The molecule has 112 valence electrons. The molecule has 0 aliphatic rings. The zero-order chi connectivity index (χ0) is 15.1. The van der Waals surface area contributed by atoms with Gasteiger partial charge in [-0.3, -0.25) is 0 Å². The Morgan fingerprint density at radius 1 is 1.00 bits per heavy atom. The number of nitrogens with one attached hydrogen (secondary N) is 1. The largest absolute Gasteiger partial charge is 0.375 e. The zero-order valence-electron chi connectivity index (χ0n) is 12.6. The second-order valence-electron chi connectivity index (χ2n) is 5.05. The summed E-state index contributed by atoms with van der Waals surface area (Å²) in [5, 5.41) is 4.34. The Kier molecular flexibility index (Phi) is 6.24. The minimum atomic E-state index is -0.0288. The number of benzene rings is 2. The van der Waals surface area contributed by atoms with Gasteiger partial charge in [0.05, 0.1) is 6.04 Å². The molecular formula is C18H22ClNO.